The Kier molecular flexibility index (Phi) is 4.82. The van der Waals surface area contributed by atoms with E-state index < -0.39 is 0 Å². The molecule has 2 rings (SSSR count). The molecule has 0 bridgehead atoms. The fourth-order valence-electron chi connectivity index (χ4n) is 2.13. The Morgan fingerprint density at radius 3 is 2.70 bits per heavy atom. The van der Waals surface area contributed by atoms with Gasteiger partial charge >= 0.3 is 0 Å². The zero-order valence-corrected chi connectivity index (χ0v) is 12.0. The zero-order chi connectivity index (χ0) is 14.4. The van der Waals surface area contributed by atoms with Gasteiger partial charge in [0.2, 0.25) is 0 Å². The topological polar surface area (TPSA) is 48.1 Å². The van der Waals surface area contributed by atoms with E-state index in [9.17, 15) is 4.79 Å². The van der Waals surface area contributed by atoms with Crippen molar-refractivity contribution in [2.45, 2.75) is 20.4 Å². The molecule has 106 valence electrons. The molecule has 4 heteroatoms. The first-order valence-electron chi connectivity index (χ1n) is 6.99. The fourth-order valence-corrected chi connectivity index (χ4v) is 2.13. The third kappa shape index (κ3) is 3.41. The maximum Gasteiger partial charge on any atom is 0.253 e. The van der Waals surface area contributed by atoms with E-state index in [2.05, 4.69) is 10.3 Å². The molecule has 0 radical (unpaired) electrons. The lowest BCUT2D eigenvalue weighted by molar-refractivity contribution is 0.0773. The van der Waals surface area contributed by atoms with Crippen LogP contribution in [0.25, 0.3) is 0 Å². The van der Waals surface area contributed by atoms with E-state index >= 15 is 0 Å². The van der Waals surface area contributed by atoms with Crippen LogP contribution in [0.3, 0.4) is 0 Å². The first-order valence-corrected chi connectivity index (χ1v) is 6.99. The van der Waals surface area contributed by atoms with Crippen molar-refractivity contribution in [3.63, 3.8) is 0 Å². The minimum Gasteiger partial charge on any atom is -0.381 e. The molecule has 2 N–H and O–H groups in total. The van der Waals surface area contributed by atoms with Crippen molar-refractivity contribution in [1.82, 2.24) is 9.88 Å². The minimum absolute atomic E-state index is 0.0836. The molecule has 2 aromatic rings. The van der Waals surface area contributed by atoms with Gasteiger partial charge in [0.15, 0.2) is 0 Å². The largest absolute Gasteiger partial charge is 0.381 e. The molecule has 0 saturated heterocycles. The Labute approximate surface area is 119 Å². The molecule has 0 spiro atoms. The van der Waals surface area contributed by atoms with Gasteiger partial charge in [-0.2, -0.15) is 0 Å². The van der Waals surface area contributed by atoms with Crippen LogP contribution in [0, 0.1) is 0 Å². The third-order valence-corrected chi connectivity index (χ3v) is 3.32. The normalized spacial score (nSPS) is 10.3. The second kappa shape index (κ2) is 6.80. The number of benzene rings is 1. The van der Waals surface area contributed by atoms with Crippen LogP contribution in [-0.2, 0) is 6.54 Å². The van der Waals surface area contributed by atoms with Crippen LogP contribution in [0.4, 0.5) is 5.69 Å². The van der Waals surface area contributed by atoms with Crippen LogP contribution < -0.4 is 5.32 Å². The predicted molar refractivity (Wildman–Crippen MR) is 81.8 cm³/mol. The molecule has 0 unspecified atom stereocenters. The maximum absolute atomic E-state index is 12.3. The average molecular weight is 271 g/mol. The number of aromatic amines is 1. The van der Waals surface area contributed by atoms with Crippen LogP contribution in [0.5, 0.6) is 0 Å². The molecule has 0 aliphatic heterocycles. The van der Waals surface area contributed by atoms with E-state index in [1.54, 1.807) is 0 Å². The SMILES string of the molecule is CCN(CC)C(=O)c1cccc(NCc2cc[nH]c2)c1. The Bertz CT molecular complexity index is 545. The van der Waals surface area contributed by atoms with Crippen LogP contribution in [-0.4, -0.2) is 28.9 Å². The summed E-state index contributed by atoms with van der Waals surface area (Å²) in [5, 5.41) is 3.33. The summed E-state index contributed by atoms with van der Waals surface area (Å²) >= 11 is 0. The third-order valence-electron chi connectivity index (χ3n) is 3.32. The minimum atomic E-state index is 0.0836. The van der Waals surface area contributed by atoms with Crippen LogP contribution >= 0.6 is 0 Å². The highest BCUT2D eigenvalue weighted by molar-refractivity contribution is 5.95. The highest BCUT2D eigenvalue weighted by Crippen LogP contribution is 2.14. The first kappa shape index (κ1) is 14.2. The average Bonchev–Trinajstić information content (AvgIpc) is 3.00. The second-order valence-electron chi connectivity index (χ2n) is 4.63. The number of nitrogens with zero attached hydrogens (tertiary/aromatic N) is 1. The Balaban J connectivity index is 2.05. The first-order chi connectivity index (χ1) is 9.74. The van der Waals surface area contributed by atoms with Crippen molar-refractivity contribution >= 4 is 11.6 Å². The molecule has 0 aliphatic carbocycles. The molecule has 4 nitrogen and oxygen atoms in total. The van der Waals surface area contributed by atoms with Gasteiger partial charge < -0.3 is 15.2 Å². The monoisotopic (exact) mass is 271 g/mol. The number of amides is 1. The predicted octanol–water partition coefficient (Wildman–Crippen LogP) is 3.11. The van der Waals surface area contributed by atoms with Gasteiger partial charge in [-0.3, -0.25) is 4.79 Å². The Morgan fingerprint density at radius 1 is 1.25 bits per heavy atom. The molecule has 1 aromatic carbocycles. The van der Waals surface area contributed by atoms with Crippen molar-refractivity contribution in [1.29, 1.82) is 0 Å². The molecule has 1 heterocycles. The Hall–Kier alpha value is -2.23. The lowest BCUT2D eigenvalue weighted by atomic mass is 10.1. The van der Waals surface area contributed by atoms with Crippen molar-refractivity contribution < 1.29 is 4.79 Å². The highest BCUT2D eigenvalue weighted by atomic mass is 16.2. The summed E-state index contributed by atoms with van der Waals surface area (Å²) in [4.78, 5) is 17.1. The summed E-state index contributed by atoms with van der Waals surface area (Å²) < 4.78 is 0. The number of nitrogens with one attached hydrogen (secondary N) is 2. The van der Waals surface area contributed by atoms with Gasteiger partial charge in [0.05, 0.1) is 0 Å². The van der Waals surface area contributed by atoms with Gasteiger partial charge in [0, 0.05) is 43.3 Å². The Morgan fingerprint density at radius 2 is 2.05 bits per heavy atom. The van der Waals surface area contributed by atoms with Crippen LogP contribution in [0.15, 0.2) is 42.7 Å². The van der Waals surface area contributed by atoms with Gasteiger partial charge in [-0.05, 0) is 43.7 Å². The number of hydrogen-bond donors (Lipinski definition) is 2. The standard InChI is InChI=1S/C16H21N3O/c1-3-19(4-2)16(20)14-6-5-7-15(10-14)18-12-13-8-9-17-11-13/h5-11,17-18H,3-4,12H2,1-2H3. The van der Waals surface area contributed by atoms with Crippen molar-refractivity contribution in [2.75, 3.05) is 18.4 Å². The molecule has 0 saturated carbocycles. The number of anilines is 1. The van der Waals surface area contributed by atoms with E-state index in [0.717, 1.165) is 30.9 Å². The van der Waals surface area contributed by atoms with Crippen LogP contribution in [0.2, 0.25) is 0 Å². The quantitative estimate of drug-likeness (QED) is 0.848. The van der Waals surface area contributed by atoms with Crippen molar-refractivity contribution in [3.05, 3.63) is 53.9 Å². The van der Waals surface area contributed by atoms with E-state index in [1.165, 1.54) is 5.56 Å². The molecule has 1 aromatic heterocycles. The molecule has 1 amide bonds. The lowest BCUT2D eigenvalue weighted by Gasteiger charge is -2.19. The summed E-state index contributed by atoms with van der Waals surface area (Å²) in [5.41, 5.74) is 2.88. The number of hydrogen-bond acceptors (Lipinski definition) is 2. The van der Waals surface area contributed by atoms with Crippen molar-refractivity contribution in [2.24, 2.45) is 0 Å². The molecule has 0 aliphatic rings. The van der Waals surface area contributed by atoms with Gasteiger partial charge in [-0.15, -0.1) is 0 Å². The molecule has 20 heavy (non-hydrogen) atoms. The molecule has 0 fully saturated rings. The molecule has 0 atom stereocenters. The summed E-state index contributed by atoms with van der Waals surface area (Å²) in [6.07, 6.45) is 3.86. The van der Waals surface area contributed by atoms with Gasteiger partial charge in [-0.1, -0.05) is 6.07 Å². The number of H-pyrrole nitrogens is 1. The van der Waals surface area contributed by atoms with Gasteiger partial charge in [0.25, 0.3) is 5.91 Å². The summed E-state index contributed by atoms with van der Waals surface area (Å²) in [7, 11) is 0. The van der Waals surface area contributed by atoms with E-state index in [0.29, 0.717) is 0 Å². The summed E-state index contributed by atoms with van der Waals surface area (Å²) in [6, 6.07) is 9.69. The number of aromatic nitrogens is 1. The summed E-state index contributed by atoms with van der Waals surface area (Å²) in [6.45, 7) is 6.20. The number of carbonyl (C=O) groups excluding carboxylic acids is 1. The van der Waals surface area contributed by atoms with Gasteiger partial charge in [-0.25, -0.2) is 0 Å². The number of rotatable bonds is 6. The smallest absolute Gasteiger partial charge is 0.253 e. The second-order valence-corrected chi connectivity index (χ2v) is 4.63. The van der Waals surface area contributed by atoms with E-state index in [4.69, 9.17) is 0 Å². The molecular formula is C16H21N3O. The van der Waals surface area contributed by atoms with E-state index in [1.807, 2.05) is 61.5 Å². The van der Waals surface area contributed by atoms with Crippen LogP contribution in [0.1, 0.15) is 29.8 Å². The zero-order valence-electron chi connectivity index (χ0n) is 12.0. The van der Waals surface area contributed by atoms with Crippen molar-refractivity contribution in [3.8, 4) is 0 Å². The lowest BCUT2D eigenvalue weighted by Crippen LogP contribution is -2.30. The highest BCUT2D eigenvalue weighted by Gasteiger charge is 2.12. The summed E-state index contributed by atoms with van der Waals surface area (Å²) in [5.74, 6) is 0.0836. The maximum atomic E-state index is 12.3. The van der Waals surface area contributed by atoms with Gasteiger partial charge in [0.1, 0.15) is 0 Å². The van der Waals surface area contributed by atoms with E-state index in [-0.39, 0.29) is 5.91 Å². The fraction of sp³-hybridized carbons (Fsp3) is 0.312. The molecular weight excluding hydrogens is 250 g/mol. The number of carbonyl (C=O) groups is 1.